The van der Waals surface area contributed by atoms with Crippen LogP contribution in [0.25, 0.3) is 0 Å². The minimum absolute atomic E-state index is 0.654. The molecule has 0 bridgehead atoms. The molecule has 0 radical (unpaired) electrons. The molecule has 108 valence electrons. The van der Waals surface area contributed by atoms with Crippen molar-refractivity contribution in [2.24, 2.45) is 5.92 Å². The second kappa shape index (κ2) is 7.65. The molecule has 2 heterocycles. The molecule has 1 N–H and O–H groups in total. The molecule has 0 aliphatic carbocycles. The van der Waals surface area contributed by atoms with Crippen molar-refractivity contribution in [3.63, 3.8) is 0 Å². The molecule has 1 aliphatic heterocycles. The van der Waals surface area contributed by atoms with E-state index in [-0.39, 0.29) is 0 Å². The molecule has 4 nitrogen and oxygen atoms in total. The highest BCUT2D eigenvalue weighted by Gasteiger charge is 2.23. The first-order chi connectivity index (χ1) is 9.29. The van der Waals surface area contributed by atoms with Crippen LogP contribution in [0, 0.1) is 5.92 Å². The lowest BCUT2D eigenvalue weighted by Gasteiger charge is -2.36. The highest BCUT2D eigenvalue weighted by Crippen LogP contribution is 2.19. The number of hydrogen-bond acceptors (Lipinski definition) is 3. The van der Waals surface area contributed by atoms with Crippen molar-refractivity contribution in [3.05, 3.63) is 18.7 Å². The van der Waals surface area contributed by atoms with Gasteiger partial charge in [-0.15, -0.1) is 0 Å². The Hall–Kier alpha value is -0.870. The van der Waals surface area contributed by atoms with Gasteiger partial charge in [-0.2, -0.15) is 0 Å². The van der Waals surface area contributed by atoms with Gasteiger partial charge in [0.25, 0.3) is 0 Å². The van der Waals surface area contributed by atoms with Gasteiger partial charge in [-0.25, -0.2) is 4.98 Å². The summed E-state index contributed by atoms with van der Waals surface area (Å²) in [6.07, 6.45) is 9.77. The normalized spacial score (nSPS) is 22.5. The van der Waals surface area contributed by atoms with Gasteiger partial charge in [0.05, 0.1) is 6.33 Å². The predicted molar refractivity (Wildman–Crippen MR) is 79.1 cm³/mol. The number of rotatable bonds is 7. The smallest absolute Gasteiger partial charge is 0.0945 e. The quantitative estimate of drug-likeness (QED) is 0.817. The van der Waals surface area contributed by atoms with Crippen molar-refractivity contribution in [2.45, 2.75) is 45.7 Å². The van der Waals surface area contributed by atoms with E-state index in [1.807, 2.05) is 18.7 Å². The van der Waals surface area contributed by atoms with Crippen molar-refractivity contribution >= 4 is 0 Å². The molecule has 2 rings (SSSR count). The molecule has 4 heteroatoms. The lowest BCUT2D eigenvalue weighted by molar-refractivity contribution is 0.148. The van der Waals surface area contributed by atoms with Crippen LogP contribution in [0.5, 0.6) is 0 Å². The predicted octanol–water partition coefficient (Wildman–Crippen LogP) is 1.98. The van der Waals surface area contributed by atoms with Gasteiger partial charge >= 0.3 is 0 Å². The second-order valence-corrected chi connectivity index (χ2v) is 5.70. The van der Waals surface area contributed by atoms with E-state index in [1.165, 1.54) is 38.9 Å². The van der Waals surface area contributed by atoms with Crippen molar-refractivity contribution in [3.8, 4) is 0 Å². The van der Waals surface area contributed by atoms with Crippen LogP contribution < -0.4 is 5.32 Å². The number of hydrogen-bond donors (Lipinski definition) is 1. The average Bonchev–Trinajstić information content (AvgIpc) is 2.93. The summed E-state index contributed by atoms with van der Waals surface area (Å²) < 4.78 is 2.17. The van der Waals surface area contributed by atoms with E-state index < -0.39 is 0 Å². The Kier molecular flexibility index (Phi) is 5.86. The van der Waals surface area contributed by atoms with Crippen LogP contribution in [-0.2, 0) is 6.54 Å². The van der Waals surface area contributed by atoms with Crippen LogP contribution in [0.1, 0.15) is 33.1 Å². The maximum atomic E-state index is 4.08. The Balaban J connectivity index is 1.68. The summed E-state index contributed by atoms with van der Waals surface area (Å²) in [6, 6.07) is 0.654. The molecule has 1 aromatic rings. The summed E-state index contributed by atoms with van der Waals surface area (Å²) in [4.78, 5) is 6.72. The van der Waals surface area contributed by atoms with E-state index in [1.54, 1.807) is 0 Å². The summed E-state index contributed by atoms with van der Waals surface area (Å²) in [5, 5.41) is 3.58. The van der Waals surface area contributed by atoms with Gasteiger partial charge < -0.3 is 14.8 Å². The SMILES string of the molecule is CCNC(C)C1CCCN(CCCn2ccnc2)C1. The van der Waals surface area contributed by atoms with Crippen molar-refractivity contribution < 1.29 is 0 Å². The number of piperidine rings is 1. The van der Waals surface area contributed by atoms with Crippen molar-refractivity contribution in [1.82, 2.24) is 19.8 Å². The van der Waals surface area contributed by atoms with Gasteiger partial charge in [-0.05, 0) is 51.7 Å². The topological polar surface area (TPSA) is 33.1 Å². The number of likely N-dealkylation sites (tertiary alicyclic amines) is 1. The lowest BCUT2D eigenvalue weighted by Crippen LogP contribution is -2.44. The monoisotopic (exact) mass is 264 g/mol. The van der Waals surface area contributed by atoms with Crippen LogP contribution in [0.4, 0.5) is 0 Å². The Morgan fingerprint density at radius 2 is 2.32 bits per heavy atom. The zero-order valence-electron chi connectivity index (χ0n) is 12.4. The third-order valence-corrected chi connectivity index (χ3v) is 4.23. The van der Waals surface area contributed by atoms with Crippen molar-refractivity contribution in [2.75, 3.05) is 26.2 Å². The highest BCUT2D eigenvalue weighted by molar-refractivity contribution is 4.80. The van der Waals surface area contributed by atoms with Gasteiger partial charge in [0.2, 0.25) is 0 Å². The molecule has 1 fully saturated rings. The second-order valence-electron chi connectivity index (χ2n) is 5.70. The Morgan fingerprint density at radius 1 is 1.42 bits per heavy atom. The molecule has 0 aromatic carbocycles. The Morgan fingerprint density at radius 3 is 3.05 bits per heavy atom. The highest BCUT2D eigenvalue weighted by atomic mass is 15.1. The minimum atomic E-state index is 0.654. The van der Waals surface area contributed by atoms with Crippen LogP contribution >= 0.6 is 0 Å². The molecular weight excluding hydrogens is 236 g/mol. The fourth-order valence-electron chi connectivity index (χ4n) is 3.09. The van der Waals surface area contributed by atoms with Gasteiger partial charge in [0.15, 0.2) is 0 Å². The molecule has 1 aliphatic rings. The summed E-state index contributed by atoms with van der Waals surface area (Å²) in [7, 11) is 0. The third kappa shape index (κ3) is 4.62. The number of aryl methyl sites for hydroxylation is 1. The van der Waals surface area contributed by atoms with E-state index in [0.29, 0.717) is 6.04 Å². The van der Waals surface area contributed by atoms with Crippen molar-refractivity contribution in [1.29, 1.82) is 0 Å². The zero-order valence-corrected chi connectivity index (χ0v) is 12.4. The number of nitrogens with one attached hydrogen (secondary N) is 1. The first-order valence-electron chi connectivity index (χ1n) is 7.71. The maximum absolute atomic E-state index is 4.08. The fourth-order valence-corrected chi connectivity index (χ4v) is 3.09. The first kappa shape index (κ1) is 14.5. The lowest BCUT2D eigenvalue weighted by atomic mass is 9.91. The molecule has 2 unspecified atom stereocenters. The van der Waals surface area contributed by atoms with Gasteiger partial charge in [-0.3, -0.25) is 0 Å². The molecule has 1 saturated heterocycles. The molecule has 1 aromatic heterocycles. The molecule has 0 saturated carbocycles. The van der Waals surface area contributed by atoms with E-state index in [9.17, 15) is 0 Å². The van der Waals surface area contributed by atoms with Gasteiger partial charge in [-0.1, -0.05) is 6.92 Å². The van der Waals surface area contributed by atoms with Crippen LogP contribution in [0.15, 0.2) is 18.7 Å². The summed E-state index contributed by atoms with van der Waals surface area (Å²) in [5.74, 6) is 0.821. The number of aromatic nitrogens is 2. The van der Waals surface area contributed by atoms with Crippen LogP contribution in [0.3, 0.4) is 0 Å². The number of nitrogens with zero attached hydrogens (tertiary/aromatic N) is 3. The molecule has 0 amide bonds. The standard InChI is InChI=1S/C15H28N4/c1-3-17-14(2)15-6-4-8-18(12-15)9-5-10-19-11-7-16-13-19/h7,11,13-15,17H,3-6,8-10,12H2,1-2H3. The van der Waals surface area contributed by atoms with E-state index >= 15 is 0 Å². The Bertz CT molecular complexity index is 336. The van der Waals surface area contributed by atoms with Gasteiger partial charge in [0.1, 0.15) is 0 Å². The summed E-state index contributed by atoms with van der Waals surface area (Å²) in [5.41, 5.74) is 0. The van der Waals surface area contributed by atoms with Crippen LogP contribution in [-0.4, -0.2) is 46.7 Å². The molecule has 2 atom stereocenters. The van der Waals surface area contributed by atoms with E-state index in [0.717, 1.165) is 19.0 Å². The minimum Gasteiger partial charge on any atom is -0.337 e. The first-order valence-corrected chi connectivity index (χ1v) is 7.71. The Labute approximate surface area is 117 Å². The largest absolute Gasteiger partial charge is 0.337 e. The fraction of sp³-hybridized carbons (Fsp3) is 0.800. The molecule has 0 spiro atoms. The maximum Gasteiger partial charge on any atom is 0.0945 e. The zero-order chi connectivity index (χ0) is 13.5. The molecule has 19 heavy (non-hydrogen) atoms. The van der Waals surface area contributed by atoms with E-state index in [4.69, 9.17) is 0 Å². The van der Waals surface area contributed by atoms with E-state index in [2.05, 4.69) is 33.6 Å². The summed E-state index contributed by atoms with van der Waals surface area (Å²) >= 11 is 0. The summed E-state index contributed by atoms with van der Waals surface area (Å²) in [6.45, 7) is 10.5. The van der Waals surface area contributed by atoms with Gasteiger partial charge in [0, 0.05) is 31.5 Å². The molecular formula is C15H28N4. The third-order valence-electron chi connectivity index (χ3n) is 4.23. The average molecular weight is 264 g/mol. The van der Waals surface area contributed by atoms with Crippen LogP contribution in [0.2, 0.25) is 0 Å². The number of imidazole rings is 1.